The Morgan fingerprint density at radius 1 is 0.980 bits per heavy atom. The first-order valence-corrected chi connectivity index (χ1v) is 17.1. The van der Waals surface area contributed by atoms with Crippen molar-refractivity contribution < 1.29 is 46.7 Å². The average molecular weight is 746 g/mol. The Kier molecular flexibility index (Phi) is 11.5. The lowest BCUT2D eigenvalue weighted by molar-refractivity contribution is -0.377. The molecule has 14 heteroatoms. The summed E-state index contributed by atoms with van der Waals surface area (Å²) >= 11 is 12.8. The number of piperidine rings is 3. The summed E-state index contributed by atoms with van der Waals surface area (Å²) in [5.41, 5.74) is 1.75. The molecular formula is C37H35Cl2F3N3O6+. The number of pyridine rings is 1. The van der Waals surface area contributed by atoms with Gasteiger partial charge in [0.1, 0.15) is 28.1 Å². The van der Waals surface area contributed by atoms with Gasteiger partial charge in [-0.15, -0.1) is 0 Å². The number of alkyl halides is 2. The van der Waals surface area contributed by atoms with Gasteiger partial charge in [-0.1, -0.05) is 53.5 Å². The van der Waals surface area contributed by atoms with Crippen molar-refractivity contribution in [3.63, 3.8) is 0 Å². The molecule has 0 aliphatic carbocycles. The number of fused-ring (bicyclic) bond motifs is 3. The van der Waals surface area contributed by atoms with Gasteiger partial charge in [0.05, 0.1) is 24.9 Å². The first-order valence-electron chi connectivity index (χ1n) is 16.3. The highest BCUT2D eigenvalue weighted by atomic mass is 35.5. The molecule has 0 radical (unpaired) electrons. The molecule has 3 aromatic carbocycles. The number of para-hydroxylation sites is 1. The number of hydrogen-bond acceptors (Lipinski definition) is 7. The summed E-state index contributed by atoms with van der Waals surface area (Å²) in [6.45, 7) is -0.480. The Labute approximate surface area is 302 Å². The van der Waals surface area contributed by atoms with Gasteiger partial charge in [0.15, 0.2) is 23.9 Å². The van der Waals surface area contributed by atoms with Crippen LogP contribution < -0.4 is 19.4 Å². The molecular weight excluding hydrogens is 710 g/mol. The van der Waals surface area contributed by atoms with Gasteiger partial charge in [0.2, 0.25) is 0 Å². The Morgan fingerprint density at radius 2 is 1.69 bits per heavy atom. The molecule has 1 aromatic heterocycles. The fourth-order valence-electron chi connectivity index (χ4n) is 6.44. The number of amides is 1. The molecule has 9 nitrogen and oxygen atoms in total. The summed E-state index contributed by atoms with van der Waals surface area (Å²) < 4.78 is 62.7. The van der Waals surface area contributed by atoms with Crippen LogP contribution in [0, 0.1) is 11.7 Å². The fourth-order valence-corrected chi connectivity index (χ4v) is 6.98. The average Bonchev–Trinajstić information content (AvgIpc) is 3.12. The second-order valence-corrected chi connectivity index (χ2v) is 13.1. The monoisotopic (exact) mass is 744 g/mol. The van der Waals surface area contributed by atoms with Crippen LogP contribution in [0.2, 0.25) is 10.0 Å². The zero-order valence-electron chi connectivity index (χ0n) is 27.5. The minimum Gasteiger partial charge on any atom is -0.493 e. The van der Waals surface area contributed by atoms with Crippen molar-refractivity contribution in [1.29, 1.82) is 0 Å². The number of anilines is 1. The zero-order chi connectivity index (χ0) is 36.1. The van der Waals surface area contributed by atoms with Crippen molar-refractivity contribution >= 4 is 41.0 Å². The van der Waals surface area contributed by atoms with E-state index < -0.39 is 30.6 Å². The Hall–Kier alpha value is -4.52. The van der Waals surface area contributed by atoms with Gasteiger partial charge >= 0.3 is 18.7 Å². The standard InChI is InChI=1S/C37H34Cl2F3N3O6/c1-48-33-16-25(10-11-31(33)50-36(41)42)32(17-26-27(38)18-43-19-28(26)39)49-35(46)24-8-6-22(7-9-24)20-45(30-5-3-2-4-29(30)40)37(47)51-34-21-44-14-12-23(34)13-15-44/h2-11,16,18-19,23,32,34,36H,12-15,17,20-21H2,1H3/p+1/t32-,34-/m0/s1. The number of halogens is 5. The predicted molar refractivity (Wildman–Crippen MR) is 183 cm³/mol. The van der Waals surface area contributed by atoms with Crippen LogP contribution in [0.5, 0.6) is 11.5 Å². The number of hydrogen-bond donors (Lipinski definition) is 0. The number of nitrogens with one attached hydrogen (secondary N) is 1. The van der Waals surface area contributed by atoms with Crippen molar-refractivity contribution in [2.24, 2.45) is 5.92 Å². The van der Waals surface area contributed by atoms with E-state index in [2.05, 4.69) is 14.6 Å². The van der Waals surface area contributed by atoms with Crippen LogP contribution in [0.15, 0.2) is 79.1 Å². The molecule has 0 spiro atoms. The third-order valence-electron chi connectivity index (χ3n) is 9.15. The van der Waals surface area contributed by atoms with E-state index >= 15 is 4.39 Å². The maximum absolute atomic E-state index is 15.0. The summed E-state index contributed by atoms with van der Waals surface area (Å²) in [6.07, 6.45) is 3.08. The van der Waals surface area contributed by atoms with E-state index in [0.29, 0.717) is 33.3 Å². The first-order chi connectivity index (χ1) is 24.6. The highest BCUT2D eigenvalue weighted by molar-refractivity contribution is 6.35. The molecule has 51 heavy (non-hydrogen) atoms. The molecule has 3 saturated heterocycles. The van der Waals surface area contributed by atoms with Crippen molar-refractivity contribution in [3.05, 3.63) is 117 Å². The minimum absolute atomic E-state index is 0.00299. The molecule has 3 fully saturated rings. The molecule has 0 saturated carbocycles. The summed E-state index contributed by atoms with van der Waals surface area (Å²) in [6, 6.07) is 16.5. The van der Waals surface area contributed by atoms with Crippen LogP contribution in [-0.2, 0) is 22.4 Å². The lowest BCUT2D eigenvalue weighted by atomic mass is 9.86. The van der Waals surface area contributed by atoms with Crippen LogP contribution in [0.25, 0.3) is 0 Å². The van der Waals surface area contributed by atoms with Crippen molar-refractivity contribution in [2.45, 2.75) is 44.6 Å². The quantitative estimate of drug-likeness (QED) is 0.136. The van der Waals surface area contributed by atoms with Gasteiger partial charge < -0.3 is 18.9 Å². The number of carbonyl (C=O) groups is 2. The second kappa shape index (κ2) is 16.2. The smallest absolute Gasteiger partial charge is 0.415 e. The number of esters is 1. The molecule has 3 aliphatic rings. The Bertz CT molecular complexity index is 1840. The summed E-state index contributed by atoms with van der Waals surface area (Å²) in [5, 5.41) is 0.591. The van der Waals surface area contributed by atoms with E-state index in [0.717, 1.165) is 25.9 Å². The van der Waals surface area contributed by atoms with Crippen LogP contribution in [0.4, 0.5) is 23.7 Å². The number of rotatable bonds is 12. The number of aromatic nitrogens is 1. The highest BCUT2D eigenvalue weighted by Gasteiger charge is 2.38. The minimum atomic E-state index is -3.07. The first kappa shape index (κ1) is 36.3. The van der Waals surface area contributed by atoms with E-state index in [-0.39, 0.29) is 47.7 Å². The third kappa shape index (κ3) is 8.69. The van der Waals surface area contributed by atoms with Gasteiger partial charge in [-0.05, 0) is 79.4 Å². The Balaban J connectivity index is 1.22. The second-order valence-electron chi connectivity index (χ2n) is 12.3. The lowest BCUT2D eigenvalue weighted by Crippen LogP contribution is -2.53. The summed E-state index contributed by atoms with van der Waals surface area (Å²) in [7, 11) is 1.30. The molecule has 1 N–H and O–H groups in total. The van der Waals surface area contributed by atoms with E-state index in [1.54, 1.807) is 24.3 Å². The van der Waals surface area contributed by atoms with Crippen molar-refractivity contribution in [2.75, 3.05) is 31.6 Å². The lowest BCUT2D eigenvalue weighted by Gasteiger charge is -2.44. The number of benzene rings is 3. The molecule has 4 heterocycles. The SMILES string of the molecule is COc1cc([C@H](Cc2c(Cl)c[nH+]cc2Cl)OC(=O)c2ccc(CN(C(=O)O[C@H]3CN4CCC3CC4)c3ccccc3F)cc2)ccc1OC(F)F. The van der Waals surface area contributed by atoms with Gasteiger partial charge in [0.25, 0.3) is 0 Å². The van der Waals surface area contributed by atoms with E-state index in [1.165, 1.54) is 66.9 Å². The molecule has 3 aliphatic heterocycles. The number of nitrogens with zero attached hydrogens (tertiary/aromatic N) is 2. The van der Waals surface area contributed by atoms with E-state index in [4.69, 9.17) is 37.4 Å². The molecule has 7 rings (SSSR count). The predicted octanol–water partition coefficient (Wildman–Crippen LogP) is 7.93. The van der Waals surface area contributed by atoms with Gasteiger partial charge in [-0.25, -0.2) is 19.0 Å². The van der Waals surface area contributed by atoms with Gasteiger partial charge in [-0.3, -0.25) is 9.80 Å². The van der Waals surface area contributed by atoms with Gasteiger partial charge in [0, 0.05) is 18.5 Å². The fraction of sp³-hybridized carbons (Fsp3) is 0.324. The zero-order valence-corrected chi connectivity index (χ0v) is 29.0. The number of aromatic amines is 1. The van der Waals surface area contributed by atoms with E-state index in [9.17, 15) is 18.4 Å². The van der Waals surface area contributed by atoms with Crippen LogP contribution in [0.3, 0.4) is 0 Å². The van der Waals surface area contributed by atoms with Crippen molar-refractivity contribution in [3.8, 4) is 11.5 Å². The number of ether oxygens (including phenoxy) is 4. The Morgan fingerprint density at radius 3 is 2.31 bits per heavy atom. The molecule has 1 amide bonds. The topological polar surface area (TPSA) is 91.7 Å². The molecule has 268 valence electrons. The van der Waals surface area contributed by atoms with Crippen LogP contribution in [0.1, 0.15) is 46.0 Å². The maximum atomic E-state index is 15.0. The van der Waals surface area contributed by atoms with Crippen LogP contribution in [-0.4, -0.2) is 56.4 Å². The van der Waals surface area contributed by atoms with E-state index in [1.807, 2.05) is 0 Å². The molecule has 4 aromatic rings. The van der Waals surface area contributed by atoms with Crippen molar-refractivity contribution in [1.82, 2.24) is 4.90 Å². The highest BCUT2D eigenvalue weighted by Crippen LogP contribution is 2.36. The number of methoxy groups -OCH3 is 1. The maximum Gasteiger partial charge on any atom is 0.415 e. The molecule has 0 unspecified atom stereocenters. The largest absolute Gasteiger partial charge is 0.493 e. The number of H-pyrrole nitrogens is 1. The third-order valence-corrected chi connectivity index (χ3v) is 9.83. The molecule has 2 bridgehead atoms. The summed E-state index contributed by atoms with van der Waals surface area (Å²) in [5.74, 6) is -1.20. The summed E-state index contributed by atoms with van der Waals surface area (Å²) in [4.78, 5) is 33.5. The normalized spacial score (nSPS) is 18.6. The van der Waals surface area contributed by atoms with Gasteiger partial charge in [-0.2, -0.15) is 8.78 Å². The molecule has 2 atom stereocenters. The number of carbonyl (C=O) groups excluding carboxylic acids is 2. The van der Waals surface area contributed by atoms with Crippen LogP contribution >= 0.6 is 23.2 Å².